The number of benzene rings is 5. The molecule has 7 nitrogen and oxygen atoms in total. The Morgan fingerprint density at radius 3 is 1.94 bits per heavy atom. The zero-order chi connectivity index (χ0) is 35.1. The number of imide groups is 2. The Bertz CT molecular complexity index is 2120. The summed E-state index contributed by atoms with van der Waals surface area (Å²) in [5.74, 6) is -0.870. The van der Waals surface area contributed by atoms with Gasteiger partial charge in [-0.3, -0.25) is 14.9 Å². The summed E-state index contributed by atoms with van der Waals surface area (Å²) in [6.07, 6.45) is 3.26. The second kappa shape index (κ2) is 13.7. The van der Waals surface area contributed by atoms with Gasteiger partial charge in [0.1, 0.15) is 17.9 Å². The van der Waals surface area contributed by atoms with Gasteiger partial charge in [-0.05, 0) is 88.7 Å². The van der Waals surface area contributed by atoms with Gasteiger partial charge in [0.25, 0.3) is 11.8 Å². The van der Waals surface area contributed by atoms with Gasteiger partial charge >= 0.3 is 6.03 Å². The fourth-order valence-corrected chi connectivity index (χ4v) is 7.86. The van der Waals surface area contributed by atoms with Crippen LogP contribution in [0.25, 0.3) is 6.08 Å². The largest absolute Gasteiger partial charge is 0.487 e. The average molecular weight is 715 g/mol. The minimum atomic E-state index is -0.783. The van der Waals surface area contributed by atoms with Crippen molar-refractivity contribution in [2.45, 2.75) is 31.3 Å². The normalized spacial score (nSPS) is 19.2. The van der Waals surface area contributed by atoms with E-state index >= 15 is 0 Å². The Balaban J connectivity index is 1.16. The van der Waals surface area contributed by atoms with E-state index in [-0.39, 0.29) is 24.0 Å². The SMILES string of the molecule is O=C1NC(=O)N(c2cc3c4c(c2)[C@H](c2ccccc2)CCN4CC[C@@H]3c2ccccc2)C(=O)/C1=C/c1ccc(OCc2ccc(Cl)cc2)c(Cl)c1. The highest BCUT2D eigenvalue weighted by Gasteiger charge is 2.40. The highest BCUT2D eigenvalue weighted by molar-refractivity contribution is 6.39. The van der Waals surface area contributed by atoms with Crippen LogP contribution in [0, 0.1) is 0 Å². The van der Waals surface area contributed by atoms with E-state index < -0.39 is 17.8 Å². The molecule has 3 aliphatic rings. The number of anilines is 2. The maximum Gasteiger partial charge on any atom is 0.335 e. The maximum atomic E-state index is 14.2. The zero-order valence-corrected chi connectivity index (χ0v) is 29.0. The zero-order valence-electron chi connectivity index (χ0n) is 27.5. The van der Waals surface area contributed by atoms with Crippen molar-refractivity contribution < 1.29 is 19.1 Å². The van der Waals surface area contributed by atoms with Crippen LogP contribution >= 0.6 is 23.2 Å². The molecule has 3 aliphatic heterocycles. The van der Waals surface area contributed by atoms with Crippen molar-refractivity contribution in [3.63, 3.8) is 0 Å². The topological polar surface area (TPSA) is 79.0 Å². The molecular weight excluding hydrogens is 681 g/mol. The van der Waals surface area contributed by atoms with Crippen molar-refractivity contribution in [2.24, 2.45) is 0 Å². The minimum absolute atomic E-state index is 0.0767. The van der Waals surface area contributed by atoms with Crippen LogP contribution in [0.15, 0.2) is 121 Å². The number of halogens is 2. The van der Waals surface area contributed by atoms with Gasteiger partial charge < -0.3 is 9.64 Å². The van der Waals surface area contributed by atoms with Gasteiger partial charge in [0, 0.05) is 35.6 Å². The molecule has 3 heterocycles. The molecule has 2 atom stereocenters. The third-order valence-corrected chi connectivity index (χ3v) is 10.5. The van der Waals surface area contributed by atoms with Crippen LogP contribution in [0.5, 0.6) is 5.75 Å². The third-order valence-electron chi connectivity index (χ3n) is 9.93. The smallest absolute Gasteiger partial charge is 0.335 e. The number of nitrogens with one attached hydrogen (secondary N) is 1. The van der Waals surface area contributed by atoms with Gasteiger partial charge in [0.05, 0.1) is 10.7 Å². The van der Waals surface area contributed by atoms with Crippen LogP contribution in [0.3, 0.4) is 0 Å². The van der Waals surface area contributed by atoms with Gasteiger partial charge in [0.2, 0.25) is 0 Å². The molecule has 0 unspecified atom stereocenters. The summed E-state index contributed by atoms with van der Waals surface area (Å²) in [5, 5.41) is 3.35. The molecule has 0 aliphatic carbocycles. The number of amides is 4. The van der Waals surface area contributed by atoms with Crippen molar-refractivity contribution in [1.29, 1.82) is 0 Å². The highest BCUT2D eigenvalue weighted by Crippen LogP contribution is 2.50. The van der Waals surface area contributed by atoms with Crippen molar-refractivity contribution >= 4 is 58.5 Å². The standard InChI is InChI=1S/C42H33Cl2N3O4/c43-30-14-11-26(12-15-30)25-51-38-16-13-27(22-37(38)44)21-36-40(48)45-42(50)47(41(36)49)31-23-34-32(28-7-3-1-4-8-28)17-19-46-20-18-33(35(24-31)39(34)46)29-9-5-2-6-10-29/h1-16,21-24,32-33H,17-20,25H2,(H,45,48,50)/b36-21+/t32-,33+. The van der Waals surface area contributed by atoms with Crippen LogP contribution in [0.1, 0.15) is 58.1 Å². The highest BCUT2D eigenvalue weighted by atomic mass is 35.5. The first kappa shape index (κ1) is 32.8. The molecule has 4 amide bonds. The third kappa shape index (κ3) is 6.39. The van der Waals surface area contributed by atoms with Gasteiger partial charge in [-0.25, -0.2) is 9.69 Å². The molecule has 1 fully saturated rings. The molecule has 5 aromatic rings. The molecule has 254 valence electrons. The number of hydrogen-bond acceptors (Lipinski definition) is 5. The monoisotopic (exact) mass is 713 g/mol. The Labute approximate surface area is 306 Å². The summed E-state index contributed by atoms with van der Waals surface area (Å²) in [7, 11) is 0. The number of hydrogen-bond donors (Lipinski definition) is 1. The maximum absolute atomic E-state index is 14.2. The molecule has 0 spiro atoms. The number of ether oxygens (including phenoxy) is 1. The van der Waals surface area contributed by atoms with E-state index in [1.54, 1.807) is 30.3 Å². The molecule has 0 radical (unpaired) electrons. The lowest BCUT2D eigenvalue weighted by Gasteiger charge is -2.44. The average Bonchev–Trinajstić information content (AvgIpc) is 3.14. The minimum Gasteiger partial charge on any atom is -0.487 e. The fraction of sp³-hybridized carbons (Fsp3) is 0.167. The van der Waals surface area contributed by atoms with Crippen LogP contribution in [-0.2, 0) is 16.2 Å². The lowest BCUT2D eigenvalue weighted by molar-refractivity contribution is -0.122. The summed E-state index contributed by atoms with van der Waals surface area (Å²) in [6.45, 7) is 2.11. The van der Waals surface area contributed by atoms with Crippen LogP contribution in [-0.4, -0.2) is 30.9 Å². The van der Waals surface area contributed by atoms with Crippen LogP contribution in [0.4, 0.5) is 16.2 Å². The quantitative estimate of drug-likeness (QED) is 0.134. The Morgan fingerprint density at radius 2 is 1.35 bits per heavy atom. The molecule has 5 aromatic carbocycles. The van der Waals surface area contributed by atoms with Crippen molar-refractivity contribution in [3.05, 3.63) is 164 Å². The Hall–Kier alpha value is -5.37. The van der Waals surface area contributed by atoms with E-state index in [1.807, 2.05) is 60.7 Å². The van der Waals surface area contributed by atoms with E-state index in [4.69, 9.17) is 27.9 Å². The summed E-state index contributed by atoms with van der Waals surface area (Å²) < 4.78 is 5.90. The van der Waals surface area contributed by atoms with E-state index in [2.05, 4.69) is 34.5 Å². The predicted octanol–water partition coefficient (Wildman–Crippen LogP) is 9.12. The van der Waals surface area contributed by atoms with Gasteiger partial charge in [-0.15, -0.1) is 0 Å². The van der Waals surface area contributed by atoms with E-state index in [1.165, 1.54) is 22.9 Å². The first-order chi connectivity index (χ1) is 24.8. The van der Waals surface area contributed by atoms with Gasteiger partial charge in [-0.2, -0.15) is 0 Å². The molecule has 1 N–H and O–H groups in total. The number of urea groups is 1. The molecule has 1 saturated heterocycles. The predicted molar refractivity (Wildman–Crippen MR) is 201 cm³/mol. The summed E-state index contributed by atoms with van der Waals surface area (Å²) >= 11 is 12.6. The number of rotatable bonds is 7. The molecule has 8 rings (SSSR count). The number of barbiturate groups is 1. The lowest BCUT2D eigenvalue weighted by atomic mass is 9.76. The Kier molecular flexibility index (Phi) is 8.84. The lowest BCUT2D eigenvalue weighted by Crippen LogP contribution is -2.54. The van der Waals surface area contributed by atoms with Crippen molar-refractivity contribution in [1.82, 2.24) is 5.32 Å². The van der Waals surface area contributed by atoms with E-state index in [0.29, 0.717) is 27.0 Å². The van der Waals surface area contributed by atoms with E-state index in [0.717, 1.165) is 47.5 Å². The van der Waals surface area contributed by atoms with Gasteiger partial charge in [-0.1, -0.05) is 102 Å². The second-order valence-electron chi connectivity index (χ2n) is 13.0. The summed E-state index contributed by atoms with van der Waals surface area (Å²) in [4.78, 5) is 44.5. The van der Waals surface area contributed by atoms with E-state index in [9.17, 15) is 14.4 Å². The fourth-order valence-electron chi connectivity index (χ4n) is 7.49. The summed E-state index contributed by atoms with van der Waals surface area (Å²) in [6, 6.07) is 36.2. The van der Waals surface area contributed by atoms with Crippen LogP contribution < -0.4 is 19.9 Å². The number of carbonyl (C=O) groups excluding carboxylic acids is 3. The second-order valence-corrected chi connectivity index (χ2v) is 13.9. The molecule has 51 heavy (non-hydrogen) atoms. The van der Waals surface area contributed by atoms with Gasteiger partial charge in [0.15, 0.2) is 0 Å². The molecule has 0 aromatic heterocycles. The Morgan fingerprint density at radius 1 is 0.745 bits per heavy atom. The van der Waals surface area contributed by atoms with Crippen molar-refractivity contribution in [2.75, 3.05) is 22.9 Å². The number of carbonyl (C=O) groups is 3. The first-order valence-corrected chi connectivity index (χ1v) is 17.7. The summed E-state index contributed by atoms with van der Waals surface area (Å²) in [5.41, 5.74) is 7.37. The van der Waals surface area contributed by atoms with Crippen molar-refractivity contribution in [3.8, 4) is 5.75 Å². The molecule has 0 saturated carbocycles. The molecule has 0 bridgehead atoms. The molecule has 9 heteroatoms. The first-order valence-electron chi connectivity index (χ1n) is 16.9. The molecular formula is C42H33Cl2N3O4. The number of nitrogens with zero attached hydrogens (tertiary/aromatic N) is 2. The van der Waals surface area contributed by atoms with Crippen LogP contribution in [0.2, 0.25) is 10.0 Å².